The summed E-state index contributed by atoms with van der Waals surface area (Å²) < 4.78 is 0. The molecular weight excluding hydrogens is 138 g/mol. The van der Waals surface area contributed by atoms with E-state index >= 15 is 0 Å². The molecule has 0 aromatic rings. The molecule has 1 rings (SSSR count). The molecule has 66 valence electrons. The third-order valence-electron chi connectivity index (χ3n) is 2.73. The highest BCUT2D eigenvalue weighted by Gasteiger charge is 2.23. The van der Waals surface area contributed by atoms with E-state index in [1.807, 2.05) is 0 Å². The first-order valence-electron chi connectivity index (χ1n) is 4.62. The Morgan fingerprint density at radius 2 is 1.82 bits per heavy atom. The van der Waals surface area contributed by atoms with Gasteiger partial charge in [-0.25, -0.2) is 0 Å². The van der Waals surface area contributed by atoms with Gasteiger partial charge in [0.05, 0.1) is 6.61 Å². The van der Waals surface area contributed by atoms with Crippen LogP contribution >= 0.6 is 0 Å². The largest absolute Gasteiger partial charge is 0.395 e. The molecule has 0 amide bonds. The third kappa shape index (κ3) is 2.17. The molecule has 1 heterocycles. The molecule has 2 nitrogen and oxygen atoms in total. The SMILES string of the molecule is C[C@@H]1CCC[C@H](C)N1CCO. The standard InChI is InChI=1S/C9H19NO/c1-8-4-3-5-9(2)10(8)6-7-11/h8-9,11H,3-7H2,1-2H3/t8-,9+. The van der Waals surface area contributed by atoms with Crippen LogP contribution in [-0.4, -0.2) is 35.2 Å². The molecule has 2 heteroatoms. The summed E-state index contributed by atoms with van der Waals surface area (Å²) in [6, 6.07) is 1.34. The predicted molar refractivity (Wildman–Crippen MR) is 46.6 cm³/mol. The first kappa shape index (κ1) is 9.01. The van der Waals surface area contributed by atoms with E-state index in [9.17, 15) is 0 Å². The maximum atomic E-state index is 8.81. The van der Waals surface area contributed by atoms with Crippen LogP contribution in [0.4, 0.5) is 0 Å². The summed E-state index contributed by atoms with van der Waals surface area (Å²) in [6.45, 7) is 5.66. The van der Waals surface area contributed by atoms with Crippen molar-refractivity contribution in [3.8, 4) is 0 Å². The van der Waals surface area contributed by atoms with E-state index in [2.05, 4.69) is 18.7 Å². The van der Waals surface area contributed by atoms with Crippen molar-refractivity contribution in [1.29, 1.82) is 0 Å². The van der Waals surface area contributed by atoms with Crippen LogP contribution in [0.5, 0.6) is 0 Å². The Hall–Kier alpha value is -0.0800. The lowest BCUT2D eigenvalue weighted by molar-refractivity contribution is 0.0804. The second-order valence-corrected chi connectivity index (χ2v) is 3.59. The highest BCUT2D eigenvalue weighted by atomic mass is 16.3. The quantitative estimate of drug-likeness (QED) is 0.652. The van der Waals surface area contributed by atoms with Crippen LogP contribution in [0.2, 0.25) is 0 Å². The van der Waals surface area contributed by atoms with Crippen LogP contribution in [0, 0.1) is 0 Å². The molecule has 11 heavy (non-hydrogen) atoms. The Balaban J connectivity index is 2.41. The average Bonchev–Trinajstić information content (AvgIpc) is 1.97. The van der Waals surface area contributed by atoms with Crippen molar-refractivity contribution in [1.82, 2.24) is 4.90 Å². The van der Waals surface area contributed by atoms with Crippen LogP contribution in [0.25, 0.3) is 0 Å². The zero-order valence-electron chi connectivity index (χ0n) is 7.58. The predicted octanol–water partition coefficient (Wildman–Crippen LogP) is 1.24. The van der Waals surface area contributed by atoms with Gasteiger partial charge in [-0.1, -0.05) is 6.42 Å². The molecule has 0 aliphatic carbocycles. The molecule has 1 fully saturated rings. The minimum atomic E-state index is 0.300. The summed E-state index contributed by atoms with van der Waals surface area (Å²) in [4.78, 5) is 2.41. The number of nitrogens with zero attached hydrogens (tertiary/aromatic N) is 1. The van der Waals surface area contributed by atoms with Crippen LogP contribution < -0.4 is 0 Å². The molecular formula is C9H19NO. The van der Waals surface area contributed by atoms with Crippen LogP contribution in [-0.2, 0) is 0 Å². The number of rotatable bonds is 2. The monoisotopic (exact) mass is 157 g/mol. The molecule has 0 aromatic carbocycles. The Kier molecular flexibility index (Phi) is 3.34. The Morgan fingerprint density at radius 1 is 1.27 bits per heavy atom. The summed E-state index contributed by atoms with van der Waals surface area (Å²) in [5, 5.41) is 8.81. The van der Waals surface area contributed by atoms with Crippen molar-refractivity contribution in [3.63, 3.8) is 0 Å². The number of piperidine rings is 1. The van der Waals surface area contributed by atoms with Crippen LogP contribution in [0.1, 0.15) is 33.1 Å². The summed E-state index contributed by atoms with van der Waals surface area (Å²) in [5.41, 5.74) is 0. The van der Waals surface area contributed by atoms with E-state index in [4.69, 9.17) is 5.11 Å². The minimum absolute atomic E-state index is 0.300. The fourth-order valence-corrected chi connectivity index (χ4v) is 2.03. The number of hydrogen-bond donors (Lipinski definition) is 1. The molecule has 0 unspecified atom stereocenters. The average molecular weight is 157 g/mol. The fraction of sp³-hybridized carbons (Fsp3) is 1.00. The van der Waals surface area contributed by atoms with Crippen molar-refractivity contribution < 1.29 is 5.11 Å². The summed E-state index contributed by atoms with van der Waals surface area (Å²) in [7, 11) is 0. The minimum Gasteiger partial charge on any atom is -0.395 e. The van der Waals surface area contributed by atoms with Crippen molar-refractivity contribution in [2.75, 3.05) is 13.2 Å². The first-order valence-corrected chi connectivity index (χ1v) is 4.62. The molecule has 2 atom stereocenters. The van der Waals surface area contributed by atoms with Crippen molar-refractivity contribution >= 4 is 0 Å². The van der Waals surface area contributed by atoms with Crippen molar-refractivity contribution in [2.24, 2.45) is 0 Å². The maximum Gasteiger partial charge on any atom is 0.0558 e. The second kappa shape index (κ2) is 4.07. The Morgan fingerprint density at radius 3 is 2.27 bits per heavy atom. The molecule has 0 aromatic heterocycles. The highest BCUT2D eigenvalue weighted by molar-refractivity contribution is 4.78. The number of likely N-dealkylation sites (tertiary alicyclic amines) is 1. The van der Waals surface area contributed by atoms with Gasteiger partial charge < -0.3 is 5.11 Å². The van der Waals surface area contributed by atoms with Gasteiger partial charge in [-0.3, -0.25) is 4.90 Å². The molecule has 0 radical (unpaired) electrons. The third-order valence-corrected chi connectivity index (χ3v) is 2.73. The lowest BCUT2D eigenvalue weighted by atomic mass is 9.98. The second-order valence-electron chi connectivity index (χ2n) is 3.59. The van der Waals surface area contributed by atoms with E-state index in [1.54, 1.807) is 0 Å². The van der Waals surface area contributed by atoms with Gasteiger partial charge in [-0.05, 0) is 26.7 Å². The van der Waals surface area contributed by atoms with Gasteiger partial charge in [0, 0.05) is 18.6 Å². The van der Waals surface area contributed by atoms with Crippen LogP contribution in [0.3, 0.4) is 0 Å². The Bertz CT molecular complexity index is 106. The zero-order valence-corrected chi connectivity index (χ0v) is 7.58. The fourth-order valence-electron chi connectivity index (χ4n) is 2.03. The molecule has 0 spiro atoms. The van der Waals surface area contributed by atoms with E-state index < -0.39 is 0 Å². The molecule has 1 aliphatic heterocycles. The van der Waals surface area contributed by atoms with E-state index in [1.165, 1.54) is 19.3 Å². The normalized spacial score (nSPS) is 34.1. The molecule has 1 aliphatic rings. The lowest BCUT2D eigenvalue weighted by Crippen LogP contribution is -2.44. The maximum absolute atomic E-state index is 8.81. The van der Waals surface area contributed by atoms with E-state index in [0.717, 1.165) is 6.54 Å². The van der Waals surface area contributed by atoms with Gasteiger partial charge in [0.2, 0.25) is 0 Å². The highest BCUT2D eigenvalue weighted by Crippen LogP contribution is 2.21. The van der Waals surface area contributed by atoms with Gasteiger partial charge in [0.15, 0.2) is 0 Å². The zero-order chi connectivity index (χ0) is 8.27. The first-order chi connectivity index (χ1) is 5.25. The van der Waals surface area contributed by atoms with E-state index in [0.29, 0.717) is 18.7 Å². The van der Waals surface area contributed by atoms with Gasteiger partial charge in [-0.15, -0.1) is 0 Å². The molecule has 1 N–H and O–H groups in total. The number of β-amino-alcohol motifs (C(OH)–C–C–N with tert-alkyl or cyclic N) is 1. The van der Waals surface area contributed by atoms with Gasteiger partial charge >= 0.3 is 0 Å². The summed E-state index contributed by atoms with van der Waals surface area (Å²) in [6.07, 6.45) is 3.94. The van der Waals surface area contributed by atoms with Gasteiger partial charge in [-0.2, -0.15) is 0 Å². The lowest BCUT2D eigenvalue weighted by Gasteiger charge is -2.38. The number of aliphatic hydroxyl groups excluding tert-OH is 1. The summed E-state index contributed by atoms with van der Waals surface area (Å²) >= 11 is 0. The van der Waals surface area contributed by atoms with Crippen LogP contribution in [0.15, 0.2) is 0 Å². The number of aliphatic hydroxyl groups is 1. The smallest absolute Gasteiger partial charge is 0.0558 e. The van der Waals surface area contributed by atoms with Gasteiger partial charge in [0.1, 0.15) is 0 Å². The Labute approximate surface area is 69.2 Å². The molecule has 0 saturated carbocycles. The van der Waals surface area contributed by atoms with E-state index in [-0.39, 0.29) is 0 Å². The molecule has 0 bridgehead atoms. The topological polar surface area (TPSA) is 23.5 Å². The van der Waals surface area contributed by atoms with Crippen molar-refractivity contribution in [3.05, 3.63) is 0 Å². The summed E-state index contributed by atoms with van der Waals surface area (Å²) in [5.74, 6) is 0. The molecule has 1 saturated heterocycles. The number of hydrogen-bond acceptors (Lipinski definition) is 2. The van der Waals surface area contributed by atoms with Gasteiger partial charge in [0.25, 0.3) is 0 Å². The van der Waals surface area contributed by atoms with Crippen molar-refractivity contribution in [2.45, 2.75) is 45.2 Å².